The van der Waals surface area contributed by atoms with Gasteiger partial charge in [0.25, 0.3) is 0 Å². The average Bonchev–Trinajstić information content (AvgIpc) is 3.32. The summed E-state index contributed by atoms with van der Waals surface area (Å²) >= 11 is 7.82. The molecule has 0 aliphatic carbocycles. The number of amides is 1. The molecule has 5 nitrogen and oxygen atoms in total. The summed E-state index contributed by atoms with van der Waals surface area (Å²) in [5.41, 5.74) is 1.75. The number of thiophene rings is 1. The third kappa shape index (κ3) is 3.92. The predicted molar refractivity (Wildman–Crippen MR) is 109 cm³/mol. The van der Waals surface area contributed by atoms with Gasteiger partial charge in [-0.15, -0.1) is 21.5 Å². The molecule has 0 bridgehead atoms. The molecular formula is C20H15ClN4OS. The summed E-state index contributed by atoms with van der Waals surface area (Å²) in [6.45, 7) is 0.309. The number of pyridine rings is 1. The minimum atomic E-state index is -0.185. The number of fused-ring (bicyclic) bond motifs is 1. The molecule has 27 heavy (non-hydrogen) atoms. The fraction of sp³-hybridized carbons (Fsp3) is 0.0500. The van der Waals surface area contributed by atoms with Gasteiger partial charge in [0.05, 0.1) is 6.54 Å². The molecule has 3 heterocycles. The van der Waals surface area contributed by atoms with Crippen molar-refractivity contribution in [2.45, 2.75) is 6.54 Å². The molecule has 0 fully saturated rings. The average molecular weight is 395 g/mol. The molecule has 3 aromatic heterocycles. The van der Waals surface area contributed by atoms with Crippen LogP contribution in [0.15, 0.2) is 66.9 Å². The number of nitrogens with zero attached hydrogens (tertiary/aromatic N) is 3. The van der Waals surface area contributed by atoms with Gasteiger partial charge in [-0.05, 0) is 36.4 Å². The van der Waals surface area contributed by atoms with Crippen LogP contribution in [0.3, 0.4) is 0 Å². The van der Waals surface area contributed by atoms with E-state index >= 15 is 0 Å². The fourth-order valence-corrected chi connectivity index (χ4v) is 3.89. The van der Waals surface area contributed by atoms with Gasteiger partial charge < -0.3 is 5.32 Å². The van der Waals surface area contributed by atoms with Crippen LogP contribution in [0.2, 0.25) is 5.02 Å². The Bertz CT molecular complexity index is 1130. The highest BCUT2D eigenvalue weighted by atomic mass is 35.5. The SMILES string of the molecule is O=C(/C=C/c1ccc(-c2ccccc2Cl)s1)NCc1nnc2ccccn12. The maximum absolute atomic E-state index is 12.1. The number of carbonyl (C=O) groups excluding carboxylic acids is 1. The van der Waals surface area contributed by atoms with E-state index in [2.05, 4.69) is 15.5 Å². The molecule has 0 radical (unpaired) electrons. The van der Waals surface area contributed by atoms with E-state index in [9.17, 15) is 4.79 Å². The number of hydrogen-bond donors (Lipinski definition) is 1. The molecule has 0 aliphatic rings. The number of benzene rings is 1. The van der Waals surface area contributed by atoms with E-state index in [-0.39, 0.29) is 5.91 Å². The molecule has 1 N–H and O–H groups in total. The Morgan fingerprint density at radius 3 is 2.85 bits per heavy atom. The van der Waals surface area contributed by atoms with E-state index in [0.29, 0.717) is 17.4 Å². The second-order valence-electron chi connectivity index (χ2n) is 5.78. The van der Waals surface area contributed by atoms with Gasteiger partial charge in [0, 0.05) is 32.6 Å². The summed E-state index contributed by atoms with van der Waals surface area (Å²) < 4.78 is 1.85. The standard InChI is InChI=1S/C20H15ClN4OS/c21-16-6-2-1-5-15(16)17-10-8-14(27-17)9-11-20(26)22-13-19-24-23-18-7-3-4-12-25(18)19/h1-12H,13H2,(H,22,26)/b11-9+. The number of carbonyl (C=O) groups is 1. The molecule has 0 saturated heterocycles. The minimum Gasteiger partial charge on any atom is -0.345 e. The summed E-state index contributed by atoms with van der Waals surface area (Å²) in [7, 11) is 0. The third-order valence-corrected chi connectivity index (χ3v) is 5.38. The van der Waals surface area contributed by atoms with Crippen LogP contribution < -0.4 is 5.32 Å². The monoisotopic (exact) mass is 394 g/mol. The van der Waals surface area contributed by atoms with Crippen LogP contribution in [0.1, 0.15) is 10.7 Å². The molecule has 4 rings (SSSR count). The van der Waals surface area contributed by atoms with Gasteiger partial charge in [0.15, 0.2) is 11.5 Å². The van der Waals surface area contributed by atoms with Crippen molar-refractivity contribution >= 4 is 40.6 Å². The normalized spacial score (nSPS) is 11.3. The molecule has 4 aromatic rings. The summed E-state index contributed by atoms with van der Waals surface area (Å²) in [6.07, 6.45) is 5.18. The molecule has 0 aliphatic heterocycles. The lowest BCUT2D eigenvalue weighted by Gasteiger charge is -2.00. The van der Waals surface area contributed by atoms with E-state index in [1.807, 2.05) is 65.2 Å². The number of nitrogens with one attached hydrogen (secondary N) is 1. The van der Waals surface area contributed by atoms with Crippen molar-refractivity contribution in [3.63, 3.8) is 0 Å². The van der Waals surface area contributed by atoms with E-state index in [1.165, 1.54) is 6.08 Å². The van der Waals surface area contributed by atoms with Crippen LogP contribution in [0.25, 0.3) is 22.2 Å². The molecule has 1 amide bonds. The first kappa shape index (κ1) is 17.5. The zero-order chi connectivity index (χ0) is 18.6. The lowest BCUT2D eigenvalue weighted by Crippen LogP contribution is -2.21. The van der Waals surface area contributed by atoms with Gasteiger partial charge in [-0.2, -0.15) is 0 Å². The number of hydrogen-bond acceptors (Lipinski definition) is 4. The summed E-state index contributed by atoms with van der Waals surface area (Å²) in [5.74, 6) is 0.500. The maximum Gasteiger partial charge on any atom is 0.244 e. The van der Waals surface area contributed by atoms with Crippen molar-refractivity contribution in [2.75, 3.05) is 0 Å². The molecule has 134 valence electrons. The van der Waals surface area contributed by atoms with Crippen LogP contribution in [-0.4, -0.2) is 20.5 Å². The van der Waals surface area contributed by atoms with Gasteiger partial charge in [-0.1, -0.05) is 35.9 Å². The van der Waals surface area contributed by atoms with E-state index in [1.54, 1.807) is 17.4 Å². The zero-order valence-corrected chi connectivity index (χ0v) is 15.7. The van der Waals surface area contributed by atoms with Crippen molar-refractivity contribution in [1.82, 2.24) is 19.9 Å². The lowest BCUT2D eigenvalue weighted by atomic mass is 10.2. The van der Waals surface area contributed by atoms with Crippen molar-refractivity contribution in [3.05, 3.63) is 82.6 Å². The van der Waals surface area contributed by atoms with Crippen molar-refractivity contribution in [1.29, 1.82) is 0 Å². The molecule has 0 spiro atoms. The lowest BCUT2D eigenvalue weighted by molar-refractivity contribution is -0.116. The second kappa shape index (κ2) is 7.73. The Morgan fingerprint density at radius 1 is 1.11 bits per heavy atom. The Balaban J connectivity index is 1.40. The van der Waals surface area contributed by atoms with E-state index in [0.717, 1.165) is 21.0 Å². The smallest absolute Gasteiger partial charge is 0.244 e. The van der Waals surface area contributed by atoms with Gasteiger partial charge in [0.1, 0.15) is 0 Å². The molecule has 0 atom stereocenters. The number of rotatable bonds is 5. The van der Waals surface area contributed by atoms with Crippen LogP contribution in [0.4, 0.5) is 0 Å². The van der Waals surface area contributed by atoms with Crippen LogP contribution in [0, 0.1) is 0 Å². The highest BCUT2D eigenvalue weighted by Crippen LogP contribution is 2.33. The van der Waals surface area contributed by atoms with Gasteiger partial charge in [-0.25, -0.2) is 0 Å². The molecular weight excluding hydrogens is 380 g/mol. The first-order chi connectivity index (χ1) is 13.2. The van der Waals surface area contributed by atoms with Crippen LogP contribution in [0.5, 0.6) is 0 Å². The largest absolute Gasteiger partial charge is 0.345 e. The summed E-state index contributed by atoms with van der Waals surface area (Å²) in [4.78, 5) is 14.2. The van der Waals surface area contributed by atoms with E-state index in [4.69, 9.17) is 11.6 Å². The predicted octanol–water partition coefficient (Wildman–Crippen LogP) is 4.44. The fourth-order valence-electron chi connectivity index (χ4n) is 2.64. The first-order valence-electron chi connectivity index (χ1n) is 8.30. The van der Waals surface area contributed by atoms with Gasteiger partial charge >= 0.3 is 0 Å². The number of halogens is 1. The summed E-state index contributed by atoms with van der Waals surface area (Å²) in [5, 5.41) is 11.7. The minimum absolute atomic E-state index is 0.185. The Hall–Kier alpha value is -2.96. The van der Waals surface area contributed by atoms with Gasteiger partial charge in [0.2, 0.25) is 5.91 Å². The zero-order valence-electron chi connectivity index (χ0n) is 14.2. The van der Waals surface area contributed by atoms with Gasteiger partial charge in [-0.3, -0.25) is 9.20 Å². The Labute approximate surface area is 164 Å². The Kier molecular flexibility index (Phi) is 5.00. The first-order valence-corrected chi connectivity index (χ1v) is 9.49. The van der Waals surface area contributed by atoms with E-state index < -0.39 is 0 Å². The topological polar surface area (TPSA) is 59.3 Å². The molecule has 1 aromatic carbocycles. The molecule has 0 unspecified atom stereocenters. The van der Waals surface area contributed by atoms with Crippen LogP contribution in [-0.2, 0) is 11.3 Å². The quantitative estimate of drug-likeness (QED) is 0.509. The number of aromatic nitrogens is 3. The van der Waals surface area contributed by atoms with Crippen molar-refractivity contribution in [2.24, 2.45) is 0 Å². The van der Waals surface area contributed by atoms with Crippen molar-refractivity contribution < 1.29 is 4.79 Å². The highest BCUT2D eigenvalue weighted by Gasteiger charge is 2.07. The highest BCUT2D eigenvalue weighted by molar-refractivity contribution is 7.16. The summed E-state index contributed by atoms with van der Waals surface area (Å²) in [6, 6.07) is 17.4. The van der Waals surface area contributed by atoms with Crippen molar-refractivity contribution in [3.8, 4) is 10.4 Å². The second-order valence-corrected chi connectivity index (χ2v) is 7.30. The third-order valence-electron chi connectivity index (χ3n) is 3.97. The van der Waals surface area contributed by atoms with Crippen LogP contribution >= 0.6 is 22.9 Å². The maximum atomic E-state index is 12.1. The molecule has 0 saturated carbocycles. The Morgan fingerprint density at radius 2 is 1.96 bits per heavy atom. The molecule has 7 heteroatoms.